The summed E-state index contributed by atoms with van der Waals surface area (Å²) in [6.45, 7) is 1.90. The summed E-state index contributed by atoms with van der Waals surface area (Å²) in [5, 5.41) is 2.03. The number of esters is 1. The monoisotopic (exact) mass is 281 g/mol. The first-order valence-corrected chi connectivity index (χ1v) is 7.11. The Balaban J connectivity index is 2.22. The zero-order chi connectivity index (χ0) is 13.9. The van der Waals surface area contributed by atoms with Gasteiger partial charge in [0.25, 0.3) is 0 Å². The Kier molecular flexibility index (Phi) is 4.09. The molecule has 0 amide bonds. The molecule has 1 atom stereocenters. The summed E-state index contributed by atoms with van der Waals surface area (Å²) in [6.07, 6.45) is 2.76. The molecule has 5 nitrogen and oxygen atoms in total. The molecule has 0 bridgehead atoms. The van der Waals surface area contributed by atoms with Gasteiger partial charge < -0.3 is 4.74 Å². The van der Waals surface area contributed by atoms with Crippen LogP contribution in [0.25, 0.3) is 0 Å². The lowest BCUT2D eigenvalue weighted by atomic mass is 9.80. The molecule has 1 unspecified atom stereocenters. The molecule has 0 spiro atoms. The van der Waals surface area contributed by atoms with Crippen LogP contribution in [0.4, 0.5) is 0 Å². The maximum Gasteiger partial charge on any atom is 0.320 e. The van der Waals surface area contributed by atoms with Gasteiger partial charge in [-0.05, 0) is 19.8 Å². The van der Waals surface area contributed by atoms with Crippen molar-refractivity contribution in [1.29, 1.82) is 0 Å². The topological polar surface area (TPSA) is 73.3 Å². The van der Waals surface area contributed by atoms with Crippen LogP contribution in [0.1, 0.15) is 42.4 Å². The molecule has 6 heteroatoms. The quantitative estimate of drug-likeness (QED) is 0.469. The van der Waals surface area contributed by atoms with Crippen LogP contribution in [0.5, 0.6) is 0 Å². The Hall–Kier alpha value is -1.56. The Labute approximate surface area is 115 Å². The lowest BCUT2D eigenvalue weighted by molar-refractivity contribution is -0.158. The predicted molar refractivity (Wildman–Crippen MR) is 69.0 cm³/mol. The molecule has 0 aliphatic heterocycles. The Bertz CT molecular complexity index is 497. The molecule has 1 saturated carbocycles. The molecule has 1 aromatic heterocycles. The molecule has 0 N–H and O–H groups in total. The maximum atomic E-state index is 12.1. The molecule has 1 aromatic rings. The van der Waals surface area contributed by atoms with E-state index in [4.69, 9.17) is 4.74 Å². The number of ketones is 2. The first kappa shape index (κ1) is 13.9. The molecular formula is C13H15NO4S. The largest absolute Gasteiger partial charge is 0.465 e. The lowest BCUT2D eigenvalue weighted by Gasteiger charge is -2.23. The van der Waals surface area contributed by atoms with Crippen LogP contribution < -0.4 is 0 Å². The van der Waals surface area contributed by atoms with Crippen molar-refractivity contribution in [2.75, 3.05) is 6.61 Å². The summed E-state index contributed by atoms with van der Waals surface area (Å²) in [6, 6.07) is 0. The SMILES string of the molecule is CCOC(=O)C1(CC(=O)c2nccs2)CCCC1=O. The fourth-order valence-corrected chi connectivity index (χ4v) is 2.96. The second-order valence-electron chi connectivity index (χ2n) is 4.52. The third kappa shape index (κ3) is 2.58. The van der Waals surface area contributed by atoms with E-state index in [-0.39, 0.29) is 24.6 Å². The third-order valence-electron chi connectivity index (χ3n) is 3.34. The van der Waals surface area contributed by atoms with E-state index in [0.29, 0.717) is 24.3 Å². The van der Waals surface area contributed by atoms with E-state index in [9.17, 15) is 14.4 Å². The van der Waals surface area contributed by atoms with Crippen LogP contribution in [0.2, 0.25) is 0 Å². The van der Waals surface area contributed by atoms with Gasteiger partial charge in [0.1, 0.15) is 5.41 Å². The van der Waals surface area contributed by atoms with Gasteiger partial charge >= 0.3 is 5.97 Å². The fraction of sp³-hybridized carbons (Fsp3) is 0.538. The lowest BCUT2D eigenvalue weighted by Crippen LogP contribution is -2.39. The van der Waals surface area contributed by atoms with Crippen molar-refractivity contribution in [3.63, 3.8) is 0 Å². The first-order valence-electron chi connectivity index (χ1n) is 6.23. The number of rotatable bonds is 5. The van der Waals surface area contributed by atoms with Gasteiger partial charge in [0.15, 0.2) is 16.6 Å². The van der Waals surface area contributed by atoms with Crippen LogP contribution in [0.15, 0.2) is 11.6 Å². The molecule has 0 radical (unpaired) electrons. The minimum Gasteiger partial charge on any atom is -0.465 e. The minimum absolute atomic E-state index is 0.127. The van der Waals surface area contributed by atoms with Crippen molar-refractivity contribution < 1.29 is 19.1 Å². The molecule has 0 saturated heterocycles. The van der Waals surface area contributed by atoms with E-state index >= 15 is 0 Å². The predicted octanol–water partition coefficient (Wildman–Crippen LogP) is 2.02. The molecule has 1 fully saturated rings. The third-order valence-corrected chi connectivity index (χ3v) is 4.15. The highest BCUT2D eigenvalue weighted by Crippen LogP contribution is 2.40. The van der Waals surface area contributed by atoms with Crippen molar-refractivity contribution >= 4 is 28.9 Å². The highest BCUT2D eigenvalue weighted by Gasteiger charge is 2.51. The Morgan fingerprint density at radius 3 is 2.84 bits per heavy atom. The number of hydrogen-bond acceptors (Lipinski definition) is 6. The Morgan fingerprint density at radius 1 is 1.53 bits per heavy atom. The number of carbonyl (C=O) groups is 3. The number of hydrogen-bond donors (Lipinski definition) is 0. The summed E-state index contributed by atoms with van der Waals surface area (Å²) >= 11 is 1.22. The van der Waals surface area contributed by atoms with Crippen LogP contribution in [0, 0.1) is 5.41 Å². The van der Waals surface area contributed by atoms with Gasteiger partial charge in [-0.3, -0.25) is 14.4 Å². The van der Waals surface area contributed by atoms with Crippen molar-refractivity contribution in [2.24, 2.45) is 5.41 Å². The van der Waals surface area contributed by atoms with E-state index in [0.717, 1.165) is 0 Å². The highest BCUT2D eigenvalue weighted by atomic mass is 32.1. The number of nitrogens with zero attached hydrogens (tertiary/aromatic N) is 1. The Morgan fingerprint density at radius 2 is 2.32 bits per heavy atom. The van der Waals surface area contributed by atoms with Crippen LogP contribution in [0.3, 0.4) is 0 Å². The molecule has 19 heavy (non-hydrogen) atoms. The van der Waals surface area contributed by atoms with E-state index in [1.807, 2.05) is 0 Å². The normalized spacial score (nSPS) is 22.5. The van der Waals surface area contributed by atoms with Crippen molar-refractivity contribution in [1.82, 2.24) is 4.98 Å². The van der Waals surface area contributed by atoms with Crippen molar-refractivity contribution in [3.05, 3.63) is 16.6 Å². The minimum atomic E-state index is -1.28. The number of aromatic nitrogens is 1. The second kappa shape index (κ2) is 5.61. The summed E-state index contributed by atoms with van der Waals surface area (Å²) in [7, 11) is 0. The molecule has 102 valence electrons. The summed E-state index contributed by atoms with van der Waals surface area (Å²) in [4.78, 5) is 40.2. The van der Waals surface area contributed by atoms with Crippen LogP contribution in [-0.4, -0.2) is 29.1 Å². The van der Waals surface area contributed by atoms with Crippen molar-refractivity contribution in [2.45, 2.75) is 32.6 Å². The molecule has 1 heterocycles. The molecule has 1 aliphatic rings. The zero-order valence-corrected chi connectivity index (χ0v) is 11.5. The van der Waals surface area contributed by atoms with Gasteiger partial charge in [-0.15, -0.1) is 11.3 Å². The van der Waals surface area contributed by atoms with Gasteiger partial charge in [-0.25, -0.2) is 4.98 Å². The molecule has 0 aromatic carbocycles. The smallest absolute Gasteiger partial charge is 0.320 e. The summed E-state index contributed by atoms with van der Waals surface area (Å²) in [5.74, 6) is -1.02. The average Bonchev–Trinajstić information content (AvgIpc) is 3.01. The van der Waals surface area contributed by atoms with Gasteiger partial charge in [-0.1, -0.05) is 0 Å². The number of ether oxygens (including phenoxy) is 1. The number of carbonyl (C=O) groups excluding carboxylic acids is 3. The van der Waals surface area contributed by atoms with Crippen LogP contribution >= 0.6 is 11.3 Å². The number of Topliss-reactive ketones (excluding diaryl/α,β-unsaturated/α-hetero) is 2. The van der Waals surface area contributed by atoms with Crippen molar-refractivity contribution in [3.8, 4) is 0 Å². The molecule has 2 rings (SSSR count). The van der Waals surface area contributed by atoms with Gasteiger partial charge in [0, 0.05) is 24.4 Å². The zero-order valence-electron chi connectivity index (χ0n) is 10.7. The second-order valence-corrected chi connectivity index (χ2v) is 5.41. The summed E-state index contributed by atoms with van der Waals surface area (Å²) in [5.41, 5.74) is -1.28. The average molecular weight is 281 g/mol. The maximum absolute atomic E-state index is 12.1. The summed E-state index contributed by atoms with van der Waals surface area (Å²) < 4.78 is 4.99. The van der Waals surface area contributed by atoms with Gasteiger partial charge in [0.2, 0.25) is 0 Å². The van der Waals surface area contributed by atoms with E-state index < -0.39 is 11.4 Å². The number of thiazole rings is 1. The molecular weight excluding hydrogens is 266 g/mol. The first-order chi connectivity index (χ1) is 9.10. The fourth-order valence-electron chi connectivity index (χ4n) is 2.38. The van der Waals surface area contributed by atoms with Gasteiger partial charge in [0.05, 0.1) is 6.61 Å². The van der Waals surface area contributed by atoms with E-state index in [1.54, 1.807) is 12.3 Å². The highest BCUT2D eigenvalue weighted by molar-refractivity contribution is 7.11. The van der Waals surface area contributed by atoms with Gasteiger partial charge in [-0.2, -0.15) is 0 Å². The molecule has 1 aliphatic carbocycles. The standard InChI is InChI=1S/C13H15NO4S/c1-2-18-12(17)13(5-3-4-10(13)16)8-9(15)11-14-6-7-19-11/h6-7H,2-5,8H2,1H3. The van der Waals surface area contributed by atoms with E-state index in [1.165, 1.54) is 17.5 Å². The van der Waals surface area contributed by atoms with Crippen LogP contribution in [-0.2, 0) is 14.3 Å². The van der Waals surface area contributed by atoms with E-state index in [2.05, 4.69) is 4.98 Å².